The number of nitrogens with zero attached hydrogens (tertiary/aromatic N) is 2. The zero-order valence-electron chi connectivity index (χ0n) is 18.4. The first-order valence-corrected chi connectivity index (χ1v) is 10.9. The van der Waals surface area contributed by atoms with Crippen LogP contribution in [0, 0.1) is 17.0 Å². The van der Waals surface area contributed by atoms with E-state index in [1.54, 1.807) is 25.1 Å². The first-order chi connectivity index (χ1) is 15.8. The van der Waals surface area contributed by atoms with Crippen LogP contribution in [0.15, 0.2) is 59.0 Å². The van der Waals surface area contributed by atoms with Gasteiger partial charge in [0.25, 0.3) is 11.6 Å². The van der Waals surface area contributed by atoms with Crippen LogP contribution in [0.1, 0.15) is 47.7 Å². The number of hydrogen-bond acceptors (Lipinski definition) is 5. The van der Waals surface area contributed by atoms with Crippen molar-refractivity contribution in [2.45, 2.75) is 33.1 Å². The highest BCUT2D eigenvalue weighted by atomic mass is 35.5. The Morgan fingerprint density at radius 3 is 2.70 bits per heavy atom. The van der Waals surface area contributed by atoms with Gasteiger partial charge in [-0.25, -0.2) is 4.98 Å². The number of nitrogens with one attached hydrogen (secondary N) is 1. The van der Waals surface area contributed by atoms with E-state index in [0.717, 1.165) is 11.9 Å². The van der Waals surface area contributed by atoms with Crippen LogP contribution in [0.3, 0.4) is 0 Å². The van der Waals surface area contributed by atoms with Crippen LogP contribution < -0.4 is 5.32 Å². The summed E-state index contributed by atoms with van der Waals surface area (Å²) in [6.07, 6.45) is 1.03. The molecule has 1 amide bonds. The van der Waals surface area contributed by atoms with Crippen LogP contribution >= 0.6 is 11.6 Å². The third-order valence-corrected chi connectivity index (χ3v) is 6.05. The zero-order valence-corrected chi connectivity index (χ0v) is 19.1. The normalized spacial score (nSPS) is 12.0. The molecule has 0 spiro atoms. The van der Waals surface area contributed by atoms with Gasteiger partial charge in [0.15, 0.2) is 5.58 Å². The number of halogens is 1. The maximum absolute atomic E-state index is 12.7. The molecule has 168 valence electrons. The molecule has 1 N–H and O–H groups in total. The van der Waals surface area contributed by atoms with Gasteiger partial charge in [-0.3, -0.25) is 14.9 Å². The molecular formula is C25H22ClN3O4. The number of nitro groups is 1. The van der Waals surface area contributed by atoms with Gasteiger partial charge in [-0.1, -0.05) is 37.6 Å². The van der Waals surface area contributed by atoms with Gasteiger partial charge < -0.3 is 9.73 Å². The molecule has 0 aliphatic rings. The molecule has 7 nitrogen and oxygen atoms in total. The van der Waals surface area contributed by atoms with Crippen LogP contribution in [0.4, 0.5) is 11.4 Å². The molecule has 3 aromatic carbocycles. The number of nitro benzene ring substituents is 1. The number of aromatic nitrogens is 1. The Labute approximate surface area is 195 Å². The van der Waals surface area contributed by atoms with Crippen molar-refractivity contribution >= 4 is 40.0 Å². The van der Waals surface area contributed by atoms with Crippen LogP contribution in [0.25, 0.3) is 22.6 Å². The molecule has 0 aliphatic carbocycles. The van der Waals surface area contributed by atoms with Crippen molar-refractivity contribution in [1.29, 1.82) is 0 Å². The third-order valence-electron chi connectivity index (χ3n) is 5.72. The highest BCUT2D eigenvalue weighted by Gasteiger charge is 2.17. The average Bonchev–Trinajstić information content (AvgIpc) is 3.23. The van der Waals surface area contributed by atoms with Crippen molar-refractivity contribution in [3.05, 3.63) is 86.4 Å². The lowest BCUT2D eigenvalue weighted by atomic mass is 9.98. The molecule has 0 unspecified atom stereocenters. The number of oxazole rings is 1. The highest BCUT2D eigenvalue weighted by molar-refractivity contribution is 6.34. The van der Waals surface area contributed by atoms with Gasteiger partial charge in [0.1, 0.15) is 5.52 Å². The van der Waals surface area contributed by atoms with E-state index in [4.69, 9.17) is 16.0 Å². The molecule has 4 aromatic rings. The quantitative estimate of drug-likeness (QED) is 0.242. The second kappa shape index (κ2) is 9.03. The van der Waals surface area contributed by atoms with E-state index < -0.39 is 10.8 Å². The van der Waals surface area contributed by atoms with Gasteiger partial charge in [0.05, 0.1) is 15.6 Å². The van der Waals surface area contributed by atoms with Gasteiger partial charge in [0, 0.05) is 22.8 Å². The summed E-state index contributed by atoms with van der Waals surface area (Å²) >= 11 is 6.30. The largest absolute Gasteiger partial charge is 0.436 e. The van der Waals surface area contributed by atoms with Crippen molar-refractivity contribution in [1.82, 2.24) is 4.98 Å². The number of hydrogen-bond donors (Lipinski definition) is 1. The van der Waals surface area contributed by atoms with Crippen LogP contribution in [0.5, 0.6) is 0 Å². The first-order valence-electron chi connectivity index (χ1n) is 10.5. The number of aryl methyl sites for hydroxylation is 1. The maximum Gasteiger partial charge on any atom is 0.273 e. The Hall–Kier alpha value is -3.71. The van der Waals surface area contributed by atoms with E-state index in [1.807, 2.05) is 18.2 Å². The average molecular weight is 464 g/mol. The predicted octanol–water partition coefficient (Wildman–Crippen LogP) is 7.13. The smallest absolute Gasteiger partial charge is 0.273 e. The lowest BCUT2D eigenvalue weighted by Crippen LogP contribution is -2.12. The number of amides is 1. The number of benzene rings is 3. The van der Waals surface area contributed by atoms with Crippen LogP contribution in [-0.2, 0) is 0 Å². The number of carbonyl (C=O) groups excluding carboxylic acids is 1. The number of fused-ring (bicyclic) bond motifs is 1. The molecule has 4 rings (SSSR count). The summed E-state index contributed by atoms with van der Waals surface area (Å²) in [5, 5.41) is 14.2. The van der Waals surface area contributed by atoms with Crippen LogP contribution in [-0.4, -0.2) is 15.8 Å². The molecule has 0 bridgehead atoms. The molecule has 8 heteroatoms. The van der Waals surface area contributed by atoms with Gasteiger partial charge in [-0.2, -0.15) is 0 Å². The van der Waals surface area contributed by atoms with E-state index in [2.05, 4.69) is 24.1 Å². The monoisotopic (exact) mass is 463 g/mol. The minimum absolute atomic E-state index is 0.120. The minimum Gasteiger partial charge on any atom is -0.436 e. The molecule has 1 aromatic heterocycles. The predicted molar refractivity (Wildman–Crippen MR) is 129 cm³/mol. The first kappa shape index (κ1) is 22.5. The van der Waals surface area contributed by atoms with Gasteiger partial charge in [0.2, 0.25) is 5.89 Å². The van der Waals surface area contributed by atoms with Crippen molar-refractivity contribution < 1.29 is 14.1 Å². The fraction of sp³-hybridized carbons (Fsp3) is 0.200. The third kappa shape index (κ3) is 4.59. The van der Waals surface area contributed by atoms with Crippen molar-refractivity contribution in [2.24, 2.45) is 0 Å². The lowest BCUT2D eigenvalue weighted by molar-refractivity contribution is -0.385. The molecule has 1 heterocycles. The van der Waals surface area contributed by atoms with Gasteiger partial charge in [-0.15, -0.1) is 0 Å². The lowest BCUT2D eigenvalue weighted by Gasteiger charge is -2.09. The molecule has 33 heavy (non-hydrogen) atoms. The van der Waals surface area contributed by atoms with E-state index >= 15 is 0 Å². The van der Waals surface area contributed by atoms with E-state index in [0.29, 0.717) is 39.2 Å². The second-order valence-electron chi connectivity index (χ2n) is 7.96. The Kier molecular flexibility index (Phi) is 6.16. The highest BCUT2D eigenvalue weighted by Crippen LogP contribution is 2.32. The minimum atomic E-state index is -0.514. The molecule has 0 fully saturated rings. The topological polar surface area (TPSA) is 98.3 Å². The summed E-state index contributed by atoms with van der Waals surface area (Å²) < 4.78 is 5.92. The number of carbonyl (C=O) groups is 1. The zero-order chi connectivity index (χ0) is 23.7. The van der Waals surface area contributed by atoms with Crippen molar-refractivity contribution in [2.75, 3.05) is 5.32 Å². The molecule has 0 aliphatic heterocycles. The summed E-state index contributed by atoms with van der Waals surface area (Å²) in [6, 6.07) is 15.4. The van der Waals surface area contributed by atoms with E-state index in [1.165, 1.54) is 23.8 Å². The molecule has 0 saturated heterocycles. The fourth-order valence-corrected chi connectivity index (χ4v) is 3.67. The molecule has 1 atom stereocenters. The van der Waals surface area contributed by atoms with Crippen molar-refractivity contribution in [3.63, 3.8) is 0 Å². The van der Waals surface area contributed by atoms with Crippen molar-refractivity contribution in [3.8, 4) is 11.5 Å². The number of rotatable bonds is 6. The standard InChI is InChI=1S/C25H22ClN3O4/c1-4-14(2)16-8-10-23-21(11-16)28-25(33-23)18-7-9-19(26)20(12-18)27-24(30)17-6-5-15(3)22(13-17)29(31)32/h5-14H,4H2,1-3H3,(H,27,30)/t14-/m1/s1. The molecule has 0 radical (unpaired) electrons. The second-order valence-corrected chi connectivity index (χ2v) is 8.37. The Balaban J connectivity index is 1.64. The summed E-state index contributed by atoms with van der Waals surface area (Å²) in [7, 11) is 0. The van der Waals surface area contributed by atoms with E-state index in [-0.39, 0.29) is 11.3 Å². The number of anilines is 1. The van der Waals surface area contributed by atoms with Gasteiger partial charge >= 0.3 is 0 Å². The van der Waals surface area contributed by atoms with Gasteiger partial charge in [-0.05, 0) is 61.2 Å². The maximum atomic E-state index is 12.7. The molecule has 0 saturated carbocycles. The fourth-order valence-electron chi connectivity index (χ4n) is 3.51. The molecular weight excluding hydrogens is 442 g/mol. The summed E-state index contributed by atoms with van der Waals surface area (Å²) in [6.45, 7) is 5.92. The summed E-state index contributed by atoms with van der Waals surface area (Å²) in [5.41, 5.74) is 4.14. The summed E-state index contributed by atoms with van der Waals surface area (Å²) in [5.74, 6) is 0.321. The summed E-state index contributed by atoms with van der Waals surface area (Å²) in [4.78, 5) is 28.0. The SMILES string of the molecule is CC[C@@H](C)c1ccc2oc(-c3ccc(Cl)c(NC(=O)c4ccc(C)c([N+](=O)[O-])c4)c3)nc2c1. The van der Waals surface area contributed by atoms with Crippen LogP contribution in [0.2, 0.25) is 5.02 Å². The van der Waals surface area contributed by atoms with E-state index in [9.17, 15) is 14.9 Å². The Bertz CT molecular complexity index is 1380. The Morgan fingerprint density at radius 2 is 1.97 bits per heavy atom. The Morgan fingerprint density at radius 1 is 1.18 bits per heavy atom.